The predicted molar refractivity (Wildman–Crippen MR) is 104 cm³/mol. The fourth-order valence-corrected chi connectivity index (χ4v) is 3.06. The Hall–Kier alpha value is -2.06. The van der Waals surface area contributed by atoms with Crippen LogP contribution < -0.4 is 0 Å². The van der Waals surface area contributed by atoms with Crippen LogP contribution in [-0.2, 0) is 0 Å². The molecule has 0 bridgehead atoms. The zero-order chi connectivity index (χ0) is 16.9. The van der Waals surface area contributed by atoms with Crippen LogP contribution in [-0.4, -0.2) is 23.8 Å². The van der Waals surface area contributed by atoms with E-state index in [-0.39, 0.29) is 0 Å². The van der Waals surface area contributed by atoms with Gasteiger partial charge in [0.2, 0.25) is 0 Å². The summed E-state index contributed by atoms with van der Waals surface area (Å²) in [6.45, 7) is 5.52. The number of nitrogens with zero attached hydrogens (tertiary/aromatic N) is 2. The first-order valence-electron chi connectivity index (χ1n) is 8.45. The van der Waals surface area contributed by atoms with Crippen LogP contribution in [0.25, 0.3) is 11.1 Å². The molecule has 0 spiro atoms. The second-order valence-electron chi connectivity index (χ2n) is 6.40. The van der Waals surface area contributed by atoms with Gasteiger partial charge in [-0.1, -0.05) is 54.9 Å². The fourth-order valence-electron chi connectivity index (χ4n) is 2.93. The highest BCUT2D eigenvalue weighted by atomic mass is 35.5. The van der Waals surface area contributed by atoms with Gasteiger partial charge >= 0.3 is 0 Å². The third-order valence-corrected chi connectivity index (χ3v) is 4.92. The predicted octanol–water partition coefficient (Wildman–Crippen LogP) is 5.75. The maximum absolute atomic E-state index is 5.96. The lowest BCUT2D eigenvalue weighted by atomic mass is 9.95. The molecule has 1 heterocycles. The first-order chi connectivity index (χ1) is 11.6. The molecule has 0 aliphatic carbocycles. The third-order valence-electron chi connectivity index (χ3n) is 4.67. The molecule has 3 rings (SSSR count). The van der Waals surface area contributed by atoms with Gasteiger partial charge in [-0.15, -0.1) is 0 Å². The van der Waals surface area contributed by atoms with E-state index >= 15 is 0 Å². The summed E-state index contributed by atoms with van der Waals surface area (Å²) in [7, 11) is 0. The highest BCUT2D eigenvalue weighted by Gasteiger charge is 2.13. The average molecular weight is 339 g/mol. The van der Waals surface area contributed by atoms with Crippen molar-refractivity contribution in [3.63, 3.8) is 0 Å². The quantitative estimate of drug-likeness (QED) is 0.678. The van der Waals surface area contributed by atoms with Crippen LogP contribution in [0.2, 0.25) is 5.02 Å². The minimum atomic E-state index is 0.432. The van der Waals surface area contributed by atoms with Crippen LogP contribution in [0.5, 0.6) is 0 Å². The molecule has 3 heteroatoms. The van der Waals surface area contributed by atoms with Crippen molar-refractivity contribution in [2.45, 2.75) is 32.2 Å². The highest BCUT2D eigenvalue weighted by molar-refractivity contribution is 6.30. The Morgan fingerprint density at radius 2 is 1.67 bits per heavy atom. The maximum atomic E-state index is 5.96. The summed E-state index contributed by atoms with van der Waals surface area (Å²) in [5, 5.41) is 0.773. The smallest absolute Gasteiger partial charge is 0.0909 e. The molecule has 0 N–H and O–H groups in total. The van der Waals surface area contributed by atoms with E-state index in [2.05, 4.69) is 66.2 Å². The molecule has 2 unspecified atom stereocenters. The van der Waals surface area contributed by atoms with Crippen LogP contribution in [0.3, 0.4) is 0 Å². The van der Waals surface area contributed by atoms with Crippen LogP contribution in [0.4, 0.5) is 0 Å². The van der Waals surface area contributed by atoms with E-state index in [0.29, 0.717) is 12.0 Å². The molecule has 1 aliphatic rings. The molecular weight excluding hydrogens is 316 g/mol. The Bertz CT molecular complexity index is 717. The molecule has 0 aromatic heterocycles. The van der Waals surface area contributed by atoms with E-state index < -0.39 is 0 Å². The number of aliphatic imine (C=N–C) groups is 1. The van der Waals surface area contributed by atoms with Gasteiger partial charge < -0.3 is 4.90 Å². The van der Waals surface area contributed by atoms with Gasteiger partial charge in [0, 0.05) is 23.8 Å². The van der Waals surface area contributed by atoms with E-state index in [9.17, 15) is 0 Å². The summed E-state index contributed by atoms with van der Waals surface area (Å²) in [6.07, 6.45) is 7.07. The lowest BCUT2D eigenvalue weighted by molar-refractivity contribution is 0.365. The molecule has 2 nitrogen and oxygen atoms in total. The van der Waals surface area contributed by atoms with Gasteiger partial charge in [-0.2, -0.15) is 0 Å². The van der Waals surface area contributed by atoms with Gasteiger partial charge in [0.05, 0.1) is 6.34 Å². The lowest BCUT2D eigenvalue weighted by Crippen LogP contribution is -2.33. The Morgan fingerprint density at radius 3 is 2.29 bits per heavy atom. The van der Waals surface area contributed by atoms with Crippen molar-refractivity contribution in [1.29, 1.82) is 0 Å². The van der Waals surface area contributed by atoms with Gasteiger partial charge in [0.25, 0.3) is 0 Å². The van der Waals surface area contributed by atoms with Crippen molar-refractivity contribution in [3.05, 3.63) is 71.4 Å². The first kappa shape index (κ1) is 16.8. The largest absolute Gasteiger partial charge is 0.356 e. The second kappa shape index (κ2) is 7.67. The van der Waals surface area contributed by atoms with Gasteiger partial charge in [-0.05, 0) is 54.2 Å². The highest BCUT2D eigenvalue weighted by Crippen LogP contribution is 2.25. The van der Waals surface area contributed by atoms with Crippen molar-refractivity contribution >= 4 is 17.9 Å². The molecule has 2 aromatic carbocycles. The summed E-state index contributed by atoms with van der Waals surface area (Å²) in [5.74, 6) is 0.524. The van der Waals surface area contributed by atoms with E-state index in [1.807, 2.05) is 24.7 Å². The lowest BCUT2D eigenvalue weighted by Gasteiger charge is -2.27. The number of hydrogen-bond donors (Lipinski definition) is 0. The summed E-state index contributed by atoms with van der Waals surface area (Å²) in [5.41, 5.74) is 3.80. The van der Waals surface area contributed by atoms with Crippen molar-refractivity contribution in [1.82, 2.24) is 4.90 Å². The first-order valence-corrected chi connectivity index (χ1v) is 8.83. The third kappa shape index (κ3) is 4.07. The molecule has 1 aliphatic heterocycles. The summed E-state index contributed by atoms with van der Waals surface area (Å²) in [6, 6.07) is 17.3. The molecule has 0 fully saturated rings. The van der Waals surface area contributed by atoms with E-state index in [4.69, 9.17) is 11.6 Å². The Kier molecular flexibility index (Phi) is 5.37. The topological polar surface area (TPSA) is 15.6 Å². The maximum Gasteiger partial charge on any atom is 0.0909 e. The fraction of sp³-hybridized carbons (Fsp3) is 0.286. The van der Waals surface area contributed by atoms with Gasteiger partial charge in [-0.25, -0.2) is 4.99 Å². The molecule has 2 atom stereocenters. The molecule has 0 saturated carbocycles. The van der Waals surface area contributed by atoms with Crippen LogP contribution >= 0.6 is 11.6 Å². The summed E-state index contributed by atoms with van der Waals surface area (Å²) >= 11 is 5.96. The zero-order valence-corrected chi connectivity index (χ0v) is 14.9. The van der Waals surface area contributed by atoms with Crippen LogP contribution in [0, 0.1) is 0 Å². The zero-order valence-electron chi connectivity index (χ0n) is 14.2. The minimum absolute atomic E-state index is 0.432. The molecule has 0 radical (unpaired) electrons. The van der Waals surface area contributed by atoms with Crippen molar-refractivity contribution < 1.29 is 0 Å². The molecule has 24 heavy (non-hydrogen) atoms. The second-order valence-corrected chi connectivity index (χ2v) is 6.84. The van der Waals surface area contributed by atoms with E-state index in [0.717, 1.165) is 18.0 Å². The standard InChI is InChI=1S/C21H23ClN2/c1-16(12-14-24-15-23-13-11-17(24)2)18-3-5-19(6-4-18)20-7-9-21(22)10-8-20/h3-11,13,15-17H,12,14H2,1-2H3. The summed E-state index contributed by atoms with van der Waals surface area (Å²) < 4.78 is 0. The van der Waals surface area contributed by atoms with E-state index in [1.165, 1.54) is 16.7 Å². The van der Waals surface area contributed by atoms with Crippen molar-refractivity contribution in [3.8, 4) is 11.1 Å². The van der Waals surface area contributed by atoms with Gasteiger partial charge in [0.1, 0.15) is 0 Å². The SMILES string of the molecule is CC(CCN1C=NC=CC1C)c1ccc(-c2ccc(Cl)cc2)cc1. The molecular formula is C21H23ClN2. The van der Waals surface area contributed by atoms with Crippen LogP contribution in [0.1, 0.15) is 31.7 Å². The Balaban J connectivity index is 1.61. The van der Waals surface area contributed by atoms with Crippen LogP contribution in [0.15, 0.2) is 65.8 Å². The van der Waals surface area contributed by atoms with Gasteiger partial charge in [0.15, 0.2) is 0 Å². The number of halogens is 1. The molecule has 124 valence electrons. The summed E-state index contributed by atoms with van der Waals surface area (Å²) in [4.78, 5) is 6.51. The number of benzene rings is 2. The normalized spacial score (nSPS) is 18.0. The number of rotatable bonds is 5. The number of hydrogen-bond acceptors (Lipinski definition) is 2. The van der Waals surface area contributed by atoms with Crippen molar-refractivity contribution in [2.24, 2.45) is 4.99 Å². The van der Waals surface area contributed by atoms with Crippen molar-refractivity contribution in [2.75, 3.05) is 6.54 Å². The monoisotopic (exact) mass is 338 g/mol. The average Bonchev–Trinajstić information content (AvgIpc) is 2.62. The molecule has 2 aromatic rings. The van der Waals surface area contributed by atoms with Gasteiger partial charge in [-0.3, -0.25) is 0 Å². The van der Waals surface area contributed by atoms with E-state index in [1.54, 1.807) is 0 Å². The minimum Gasteiger partial charge on any atom is -0.356 e. The Labute approximate surface area is 149 Å². The Morgan fingerprint density at radius 1 is 1.04 bits per heavy atom. The molecule has 0 saturated heterocycles. The molecule has 0 amide bonds.